The van der Waals surface area contributed by atoms with Crippen LogP contribution in [0.5, 0.6) is 0 Å². The lowest BCUT2D eigenvalue weighted by Gasteiger charge is -2.41. The van der Waals surface area contributed by atoms with E-state index in [0.717, 1.165) is 44.1 Å². The second-order valence-electron chi connectivity index (χ2n) is 9.57. The van der Waals surface area contributed by atoms with Crippen LogP contribution < -0.4 is 5.32 Å². The van der Waals surface area contributed by atoms with Crippen LogP contribution in [0.15, 0.2) is 36.2 Å². The van der Waals surface area contributed by atoms with Crippen LogP contribution in [-0.2, 0) is 19.9 Å². The second-order valence-corrected chi connectivity index (χ2v) is 9.57. The zero-order valence-corrected chi connectivity index (χ0v) is 19.0. The van der Waals surface area contributed by atoms with Gasteiger partial charge in [0.1, 0.15) is 0 Å². The number of rotatable bonds is 5. The maximum Gasteiger partial charge on any atom is 0.325 e. The molecule has 33 heavy (non-hydrogen) atoms. The molecular weight excluding hydrogens is 420 g/mol. The highest BCUT2D eigenvalue weighted by Gasteiger charge is 2.57. The maximum atomic E-state index is 13.9. The zero-order chi connectivity index (χ0) is 22.8. The SMILES string of the molecule is O=C(C1=CCCCC1)N1CCC(C2(c3cccnc3)NC(=O)N(CC3CCCO3)C2=O)CC1. The predicted octanol–water partition coefficient (Wildman–Crippen LogP) is 2.75. The van der Waals surface area contributed by atoms with Gasteiger partial charge in [-0.1, -0.05) is 12.1 Å². The zero-order valence-electron chi connectivity index (χ0n) is 19.0. The summed E-state index contributed by atoms with van der Waals surface area (Å²) in [5.74, 6) is -0.210. The summed E-state index contributed by atoms with van der Waals surface area (Å²) in [5, 5.41) is 3.06. The first-order valence-electron chi connectivity index (χ1n) is 12.2. The molecule has 8 nitrogen and oxygen atoms in total. The molecule has 4 amide bonds. The van der Waals surface area contributed by atoms with Crippen molar-refractivity contribution in [2.75, 3.05) is 26.2 Å². The molecule has 0 radical (unpaired) electrons. The number of hydrogen-bond donors (Lipinski definition) is 1. The third kappa shape index (κ3) is 4.05. The molecule has 0 spiro atoms. The number of nitrogens with one attached hydrogen (secondary N) is 1. The Morgan fingerprint density at radius 1 is 1.18 bits per heavy atom. The standard InChI is InChI=1S/C25H32N4O4/c30-22(18-6-2-1-3-7-18)28-13-10-19(11-14-28)25(20-8-4-12-26-16-20)23(31)29(24(32)27-25)17-21-9-5-15-33-21/h4,6,8,12,16,19,21H,1-3,5,7,9-11,13-15,17H2,(H,27,32). The van der Waals surface area contributed by atoms with Crippen molar-refractivity contribution in [1.29, 1.82) is 0 Å². The first kappa shape index (κ1) is 22.1. The van der Waals surface area contributed by atoms with Crippen LogP contribution in [0.4, 0.5) is 4.79 Å². The van der Waals surface area contributed by atoms with Gasteiger partial charge < -0.3 is 15.0 Å². The summed E-state index contributed by atoms with van der Waals surface area (Å²) in [7, 11) is 0. The van der Waals surface area contributed by atoms with Crippen LogP contribution in [0.2, 0.25) is 0 Å². The van der Waals surface area contributed by atoms with Crippen molar-refractivity contribution in [1.82, 2.24) is 20.1 Å². The summed E-state index contributed by atoms with van der Waals surface area (Å²) in [5.41, 5.74) is 0.482. The molecule has 4 heterocycles. The van der Waals surface area contributed by atoms with Crippen molar-refractivity contribution < 1.29 is 19.1 Å². The number of ether oxygens (including phenoxy) is 1. The van der Waals surface area contributed by atoms with Crippen molar-refractivity contribution in [3.8, 4) is 0 Å². The largest absolute Gasteiger partial charge is 0.376 e. The summed E-state index contributed by atoms with van der Waals surface area (Å²) in [6, 6.07) is 3.30. The van der Waals surface area contributed by atoms with E-state index in [-0.39, 0.29) is 36.4 Å². The molecule has 3 saturated heterocycles. The number of carbonyl (C=O) groups excluding carboxylic acids is 3. The Morgan fingerprint density at radius 3 is 2.70 bits per heavy atom. The second kappa shape index (κ2) is 9.25. The number of aromatic nitrogens is 1. The van der Waals surface area contributed by atoms with Gasteiger partial charge in [0.25, 0.3) is 5.91 Å². The van der Waals surface area contributed by atoms with E-state index in [1.807, 2.05) is 11.0 Å². The molecule has 0 bridgehead atoms. The van der Waals surface area contributed by atoms with Gasteiger partial charge in [0, 0.05) is 43.2 Å². The smallest absolute Gasteiger partial charge is 0.325 e. The van der Waals surface area contributed by atoms with E-state index in [1.165, 1.54) is 4.90 Å². The minimum Gasteiger partial charge on any atom is -0.376 e. The molecule has 176 valence electrons. The van der Waals surface area contributed by atoms with Gasteiger partial charge in [0.05, 0.1) is 12.6 Å². The molecule has 5 rings (SSSR count). The number of nitrogens with zero attached hydrogens (tertiary/aromatic N) is 3. The third-order valence-electron chi connectivity index (χ3n) is 7.62. The maximum absolute atomic E-state index is 13.9. The van der Waals surface area contributed by atoms with Crippen molar-refractivity contribution in [2.24, 2.45) is 5.92 Å². The molecule has 1 aliphatic carbocycles. The fourth-order valence-electron chi connectivity index (χ4n) is 5.81. The number of piperidine rings is 1. The Hall–Kier alpha value is -2.74. The average Bonchev–Trinajstić information content (AvgIpc) is 3.47. The monoisotopic (exact) mass is 452 g/mol. The minimum atomic E-state index is -1.15. The molecular formula is C25H32N4O4. The van der Waals surface area contributed by atoms with Crippen molar-refractivity contribution in [3.63, 3.8) is 0 Å². The number of likely N-dealkylation sites (tertiary alicyclic amines) is 1. The lowest BCUT2D eigenvalue weighted by Crippen LogP contribution is -2.54. The minimum absolute atomic E-state index is 0.104. The van der Waals surface area contributed by atoms with Crippen LogP contribution in [0.25, 0.3) is 0 Å². The van der Waals surface area contributed by atoms with E-state index in [4.69, 9.17) is 4.74 Å². The summed E-state index contributed by atoms with van der Waals surface area (Å²) in [6.07, 6.45) is 12.5. The van der Waals surface area contributed by atoms with E-state index >= 15 is 0 Å². The molecule has 4 aliphatic rings. The summed E-state index contributed by atoms with van der Waals surface area (Å²) in [6.45, 7) is 2.11. The molecule has 0 aromatic carbocycles. The van der Waals surface area contributed by atoms with Gasteiger partial charge in [-0.15, -0.1) is 0 Å². The van der Waals surface area contributed by atoms with Gasteiger partial charge in [0.15, 0.2) is 5.54 Å². The highest BCUT2D eigenvalue weighted by atomic mass is 16.5. The number of urea groups is 1. The lowest BCUT2D eigenvalue weighted by molar-refractivity contribution is -0.136. The number of pyridine rings is 1. The van der Waals surface area contributed by atoms with Gasteiger partial charge in [0.2, 0.25) is 5.91 Å². The van der Waals surface area contributed by atoms with E-state index in [2.05, 4.69) is 16.4 Å². The Kier molecular flexibility index (Phi) is 6.19. The third-order valence-corrected chi connectivity index (χ3v) is 7.62. The van der Waals surface area contributed by atoms with Crippen LogP contribution >= 0.6 is 0 Å². The molecule has 3 aliphatic heterocycles. The predicted molar refractivity (Wildman–Crippen MR) is 121 cm³/mol. The van der Waals surface area contributed by atoms with Crippen molar-refractivity contribution in [3.05, 3.63) is 41.7 Å². The Labute approximate surface area is 194 Å². The normalized spacial score (nSPS) is 28.7. The molecule has 1 aromatic heterocycles. The summed E-state index contributed by atoms with van der Waals surface area (Å²) < 4.78 is 5.69. The van der Waals surface area contributed by atoms with Gasteiger partial charge >= 0.3 is 6.03 Å². The lowest BCUT2D eigenvalue weighted by atomic mass is 9.73. The van der Waals surface area contributed by atoms with Crippen LogP contribution in [0.1, 0.15) is 56.9 Å². The van der Waals surface area contributed by atoms with Crippen LogP contribution in [0.3, 0.4) is 0 Å². The van der Waals surface area contributed by atoms with E-state index in [9.17, 15) is 14.4 Å². The van der Waals surface area contributed by atoms with Crippen molar-refractivity contribution >= 4 is 17.8 Å². The molecule has 0 saturated carbocycles. The highest BCUT2D eigenvalue weighted by molar-refractivity contribution is 6.07. The summed E-state index contributed by atoms with van der Waals surface area (Å²) >= 11 is 0. The molecule has 8 heteroatoms. The summed E-state index contributed by atoms with van der Waals surface area (Å²) in [4.78, 5) is 47.4. The van der Waals surface area contributed by atoms with Crippen LogP contribution in [-0.4, -0.2) is 65.0 Å². The van der Waals surface area contributed by atoms with E-state index in [1.54, 1.807) is 18.5 Å². The molecule has 1 aromatic rings. The topological polar surface area (TPSA) is 91.8 Å². The molecule has 3 fully saturated rings. The number of carbonyl (C=O) groups is 3. The fraction of sp³-hybridized carbons (Fsp3) is 0.600. The van der Waals surface area contributed by atoms with E-state index < -0.39 is 5.54 Å². The Bertz CT molecular complexity index is 935. The van der Waals surface area contributed by atoms with Gasteiger partial charge in [-0.25, -0.2) is 4.79 Å². The number of imide groups is 1. The highest BCUT2D eigenvalue weighted by Crippen LogP contribution is 2.41. The molecule has 2 atom stereocenters. The van der Waals surface area contributed by atoms with E-state index in [0.29, 0.717) is 38.1 Å². The number of hydrogen-bond acceptors (Lipinski definition) is 5. The fourth-order valence-corrected chi connectivity index (χ4v) is 5.81. The number of amides is 4. The first-order valence-corrected chi connectivity index (χ1v) is 12.2. The van der Waals surface area contributed by atoms with Gasteiger partial charge in [-0.2, -0.15) is 0 Å². The Balaban J connectivity index is 1.37. The molecule has 1 N–H and O–H groups in total. The van der Waals surface area contributed by atoms with Gasteiger partial charge in [-0.05, 0) is 63.4 Å². The average molecular weight is 453 g/mol. The van der Waals surface area contributed by atoms with Crippen LogP contribution in [0, 0.1) is 5.92 Å². The number of allylic oxidation sites excluding steroid dienone is 1. The van der Waals surface area contributed by atoms with Gasteiger partial charge in [-0.3, -0.25) is 19.5 Å². The first-order chi connectivity index (χ1) is 16.1. The Morgan fingerprint density at radius 2 is 2.03 bits per heavy atom. The quantitative estimate of drug-likeness (QED) is 0.694. The van der Waals surface area contributed by atoms with Crippen molar-refractivity contribution in [2.45, 2.75) is 63.0 Å². The molecule has 2 unspecified atom stereocenters.